The third kappa shape index (κ3) is 6.10. The first kappa shape index (κ1) is 25.4. The minimum Gasteiger partial charge on any atom is -0.490 e. The van der Waals surface area contributed by atoms with Crippen molar-refractivity contribution in [2.24, 2.45) is 0 Å². The van der Waals surface area contributed by atoms with Crippen molar-refractivity contribution < 1.29 is 19.1 Å². The van der Waals surface area contributed by atoms with Crippen molar-refractivity contribution in [2.75, 3.05) is 6.61 Å². The summed E-state index contributed by atoms with van der Waals surface area (Å²) in [6.45, 7) is 4.89. The van der Waals surface area contributed by atoms with E-state index in [-0.39, 0.29) is 17.7 Å². The van der Waals surface area contributed by atoms with Crippen LogP contribution >= 0.6 is 39.3 Å². The zero-order valence-electron chi connectivity index (χ0n) is 19.2. The summed E-state index contributed by atoms with van der Waals surface area (Å²) in [6.07, 6.45) is 1.71. The number of amides is 2. The van der Waals surface area contributed by atoms with Crippen LogP contribution in [0.25, 0.3) is 6.08 Å². The van der Waals surface area contributed by atoms with E-state index in [0.717, 1.165) is 34.0 Å². The predicted molar refractivity (Wildman–Crippen MR) is 144 cm³/mol. The number of benzene rings is 3. The summed E-state index contributed by atoms with van der Waals surface area (Å²) in [7, 11) is 0. The number of nitrogens with zero attached hydrogens (tertiary/aromatic N) is 1. The molecule has 0 aromatic heterocycles. The second-order valence-electron chi connectivity index (χ2n) is 7.87. The number of ether oxygens (including phenoxy) is 2. The third-order valence-corrected chi connectivity index (χ3v) is 7.14. The first-order valence-corrected chi connectivity index (χ1v) is 13.0. The highest BCUT2D eigenvalue weighted by atomic mass is 79.9. The summed E-state index contributed by atoms with van der Waals surface area (Å²) in [4.78, 5) is 27.3. The Bertz CT molecular complexity index is 1290. The molecule has 0 atom stereocenters. The predicted octanol–water partition coefficient (Wildman–Crippen LogP) is 7.63. The zero-order chi connectivity index (χ0) is 24.9. The van der Waals surface area contributed by atoms with Crippen LogP contribution in [0, 0.1) is 6.92 Å². The van der Waals surface area contributed by atoms with Crippen LogP contribution in [0.15, 0.2) is 70.0 Å². The molecule has 180 valence electrons. The molecular weight excluding hydrogens is 550 g/mol. The van der Waals surface area contributed by atoms with Gasteiger partial charge in [-0.15, -0.1) is 0 Å². The van der Waals surface area contributed by atoms with Crippen molar-refractivity contribution in [2.45, 2.75) is 27.0 Å². The fourth-order valence-corrected chi connectivity index (χ4v) is 5.09. The molecule has 0 radical (unpaired) electrons. The molecule has 0 spiro atoms. The van der Waals surface area contributed by atoms with Crippen molar-refractivity contribution in [1.29, 1.82) is 0 Å². The van der Waals surface area contributed by atoms with Gasteiger partial charge in [0.25, 0.3) is 11.1 Å². The number of rotatable bonds is 8. The van der Waals surface area contributed by atoms with E-state index in [4.69, 9.17) is 21.1 Å². The second kappa shape index (κ2) is 11.3. The van der Waals surface area contributed by atoms with Crippen molar-refractivity contribution in [3.63, 3.8) is 0 Å². The third-order valence-electron chi connectivity index (χ3n) is 5.39. The number of thioether (sulfide) groups is 1. The largest absolute Gasteiger partial charge is 0.490 e. The number of carbonyl (C=O) groups is 2. The lowest BCUT2D eigenvalue weighted by molar-refractivity contribution is -0.123. The molecule has 0 aliphatic carbocycles. The molecule has 2 amide bonds. The maximum Gasteiger partial charge on any atom is 0.293 e. The van der Waals surface area contributed by atoms with Crippen LogP contribution < -0.4 is 9.47 Å². The van der Waals surface area contributed by atoms with Gasteiger partial charge in [0.2, 0.25) is 0 Å². The van der Waals surface area contributed by atoms with Crippen LogP contribution in [-0.2, 0) is 17.9 Å². The van der Waals surface area contributed by atoms with Crippen LogP contribution in [0.1, 0.15) is 29.2 Å². The molecule has 0 bridgehead atoms. The molecule has 3 aromatic rings. The Hall–Kier alpha value is -2.74. The van der Waals surface area contributed by atoms with Gasteiger partial charge in [-0.2, -0.15) is 0 Å². The first-order valence-electron chi connectivity index (χ1n) is 11.0. The lowest BCUT2D eigenvalue weighted by Crippen LogP contribution is -2.27. The highest BCUT2D eigenvalue weighted by Crippen LogP contribution is 2.40. The van der Waals surface area contributed by atoms with E-state index in [0.29, 0.717) is 39.1 Å². The van der Waals surface area contributed by atoms with Crippen LogP contribution in [0.3, 0.4) is 0 Å². The van der Waals surface area contributed by atoms with Gasteiger partial charge in [0, 0.05) is 5.02 Å². The maximum atomic E-state index is 13.0. The van der Waals surface area contributed by atoms with Gasteiger partial charge in [-0.25, -0.2) is 0 Å². The second-order valence-corrected chi connectivity index (χ2v) is 10.2. The molecule has 5 nitrogen and oxygen atoms in total. The zero-order valence-corrected chi connectivity index (χ0v) is 22.4. The van der Waals surface area contributed by atoms with Crippen molar-refractivity contribution in [3.8, 4) is 11.5 Å². The van der Waals surface area contributed by atoms with Gasteiger partial charge in [-0.1, -0.05) is 48.0 Å². The van der Waals surface area contributed by atoms with Gasteiger partial charge < -0.3 is 9.47 Å². The van der Waals surface area contributed by atoms with Gasteiger partial charge in [-0.3, -0.25) is 14.5 Å². The average molecular weight is 573 g/mol. The molecule has 0 N–H and O–H groups in total. The molecule has 4 rings (SSSR count). The fourth-order valence-electron chi connectivity index (χ4n) is 3.56. The number of imide groups is 1. The number of hydrogen-bond acceptors (Lipinski definition) is 5. The molecule has 1 saturated heterocycles. The maximum absolute atomic E-state index is 13.0. The minimum absolute atomic E-state index is 0.250. The van der Waals surface area contributed by atoms with E-state index in [1.54, 1.807) is 12.1 Å². The Morgan fingerprint density at radius 2 is 1.80 bits per heavy atom. The normalized spacial score (nSPS) is 14.6. The Morgan fingerprint density at radius 3 is 2.51 bits per heavy atom. The Kier molecular flexibility index (Phi) is 8.21. The quantitative estimate of drug-likeness (QED) is 0.260. The molecule has 1 fully saturated rings. The highest BCUT2D eigenvalue weighted by Gasteiger charge is 2.35. The Balaban J connectivity index is 1.55. The van der Waals surface area contributed by atoms with Crippen LogP contribution in [-0.4, -0.2) is 22.7 Å². The topological polar surface area (TPSA) is 55.8 Å². The Morgan fingerprint density at radius 1 is 1.06 bits per heavy atom. The van der Waals surface area contributed by atoms with E-state index in [2.05, 4.69) is 15.9 Å². The smallest absolute Gasteiger partial charge is 0.293 e. The highest BCUT2D eigenvalue weighted by molar-refractivity contribution is 9.10. The summed E-state index contributed by atoms with van der Waals surface area (Å²) >= 11 is 10.5. The van der Waals surface area contributed by atoms with E-state index in [9.17, 15) is 9.59 Å². The van der Waals surface area contributed by atoms with E-state index in [1.807, 2.05) is 68.4 Å². The molecule has 0 saturated carbocycles. The summed E-state index contributed by atoms with van der Waals surface area (Å²) in [5, 5.41) is 0.383. The molecule has 1 heterocycles. The lowest BCUT2D eigenvalue weighted by atomic mass is 10.1. The summed E-state index contributed by atoms with van der Waals surface area (Å²) in [5.41, 5.74) is 3.67. The van der Waals surface area contributed by atoms with E-state index >= 15 is 0 Å². The number of halogens is 2. The van der Waals surface area contributed by atoms with Crippen molar-refractivity contribution in [3.05, 3.63) is 97.3 Å². The fraction of sp³-hybridized carbons (Fsp3) is 0.185. The van der Waals surface area contributed by atoms with E-state index < -0.39 is 0 Å². The Labute approximate surface area is 222 Å². The number of hydrogen-bond donors (Lipinski definition) is 0. The minimum atomic E-state index is -0.305. The molecule has 1 aliphatic heterocycles. The molecule has 8 heteroatoms. The monoisotopic (exact) mass is 571 g/mol. The molecular formula is C27H23BrClNO4S. The molecule has 1 aliphatic rings. The lowest BCUT2D eigenvalue weighted by Gasteiger charge is -2.15. The van der Waals surface area contributed by atoms with Crippen LogP contribution in [0.4, 0.5) is 4.79 Å². The van der Waals surface area contributed by atoms with Gasteiger partial charge >= 0.3 is 0 Å². The van der Waals surface area contributed by atoms with Crippen molar-refractivity contribution >= 4 is 56.5 Å². The molecule has 35 heavy (non-hydrogen) atoms. The average Bonchev–Trinajstić information content (AvgIpc) is 3.08. The summed E-state index contributed by atoms with van der Waals surface area (Å²) in [6, 6.07) is 18.8. The van der Waals surface area contributed by atoms with Gasteiger partial charge in [-0.05, 0) is 94.1 Å². The van der Waals surface area contributed by atoms with Gasteiger partial charge in [0.15, 0.2) is 11.5 Å². The standard InChI is InChI=1S/C27H23BrClNO4S/c1-3-33-23-13-19(12-22(28)25(23)34-16-18-8-10-21(29)11-9-18)14-24-26(31)30(27(32)35-24)15-20-7-5-4-6-17(20)2/h4-14H,3,15-16H2,1-2H3/b24-14-. The van der Waals surface area contributed by atoms with Crippen molar-refractivity contribution in [1.82, 2.24) is 4.90 Å². The number of aryl methyl sites for hydroxylation is 1. The molecule has 0 unspecified atom stereocenters. The van der Waals surface area contributed by atoms with Gasteiger partial charge in [0.1, 0.15) is 6.61 Å². The van der Waals surface area contributed by atoms with Gasteiger partial charge in [0.05, 0.1) is 22.5 Å². The SMILES string of the molecule is CCOc1cc(/C=C2\SC(=O)N(Cc3ccccc3C)C2=O)cc(Br)c1OCc1ccc(Cl)cc1. The van der Waals surface area contributed by atoms with Crippen LogP contribution in [0.2, 0.25) is 5.02 Å². The molecule has 3 aromatic carbocycles. The number of carbonyl (C=O) groups excluding carboxylic acids is 2. The van der Waals surface area contributed by atoms with E-state index in [1.165, 1.54) is 4.90 Å². The first-order chi connectivity index (χ1) is 16.9. The summed E-state index contributed by atoms with van der Waals surface area (Å²) in [5.74, 6) is 0.799. The summed E-state index contributed by atoms with van der Waals surface area (Å²) < 4.78 is 12.5. The van der Waals surface area contributed by atoms with Crippen LogP contribution in [0.5, 0.6) is 11.5 Å².